The molecule has 0 atom stereocenters. The molecule has 0 saturated carbocycles. The topological polar surface area (TPSA) is 34.5 Å². The van der Waals surface area contributed by atoms with E-state index in [0.717, 1.165) is 59.7 Å². The minimum Gasteiger partial charge on any atom is -0.378 e. The fourth-order valence-corrected chi connectivity index (χ4v) is 3.62. The molecular weight excluding hydrogens is 344 g/mol. The predicted molar refractivity (Wildman–Crippen MR) is 91.4 cm³/mol. The number of ether oxygens (including phenoxy) is 1. The number of aromatic nitrogens is 1. The van der Waals surface area contributed by atoms with Gasteiger partial charge in [-0.3, -0.25) is 4.79 Å². The van der Waals surface area contributed by atoms with E-state index in [2.05, 4.69) is 43.6 Å². The smallest absolute Gasteiger partial charge is 0.151 e. The third kappa shape index (κ3) is 2.71. The number of morpholine rings is 1. The Hall–Kier alpha value is -1.59. The first-order chi connectivity index (χ1) is 10.6. The number of aryl methyl sites for hydroxylation is 1. The van der Waals surface area contributed by atoms with Crippen LogP contribution in [0.5, 0.6) is 0 Å². The summed E-state index contributed by atoms with van der Waals surface area (Å²) in [6.07, 6.45) is 0.913. The number of rotatable bonds is 3. The molecule has 0 N–H and O–H groups in total. The zero-order valence-corrected chi connectivity index (χ0v) is 14.4. The van der Waals surface area contributed by atoms with E-state index in [-0.39, 0.29) is 0 Å². The highest BCUT2D eigenvalue weighted by atomic mass is 79.9. The Morgan fingerprint density at radius 3 is 2.50 bits per heavy atom. The number of carbonyl (C=O) groups excluding carboxylic acids is 1. The lowest BCUT2D eigenvalue weighted by Gasteiger charge is -2.30. The van der Waals surface area contributed by atoms with E-state index in [1.165, 1.54) is 5.69 Å². The summed E-state index contributed by atoms with van der Waals surface area (Å²) < 4.78 is 8.58. The van der Waals surface area contributed by atoms with Crippen molar-refractivity contribution in [1.29, 1.82) is 0 Å². The maximum Gasteiger partial charge on any atom is 0.151 e. The van der Waals surface area contributed by atoms with Gasteiger partial charge in [0.2, 0.25) is 0 Å². The van der Waals surface area contributed by atoms with Crippen LogP contribution in [-0.2, 0) is 4.74 Å². The standard InChI is InChI=1S/C17H19BrN2O2/c1-12-9-14(11-21)13(2)20(12)15-3-4-17(16(18)10-15)19-5-7-22-8-6-19/h3-4,9-11H,5-8H2,1-2H3. The third-order valence-electron chi connectivity index (χ3n) is 4.14. The second kappa shape index (κ2) is 6.26. The fourth-order valence-electron chi connectivity index (χ4n) is 3.00. The lowest BCUT2D eigenvalue weighted by molar-refractivity contribution is 0.112. The van der Waals surface area contributed by atoms with Gasteiger partial charge in [0, 0.05) is 40.2 Å². The summed E-state index contributed by atoms with van der Waals surface area (Å²) in [6, 6.07) is 8.26. The average molecular weight is 363 g/mol. The molecule has 1 fully saturated rings. The van der Waals surface area contributed by atoms with Gasteiger partial charge in [0.1, 0.15) is 0 Å². The van der Waals surface area contributed by atoms with Crippen molar-refractivity contribution < 1.29 is 9.53 Å². The molecule has 2 aromatic rings. The van der Waals surface area contributed by atoms with Gasteiger partial charge in [-0.15, -0.1) is 0 Å². The van der Waals surface area contributed by atoms with Crippen molar-refractivity contribution in [2.75, 3.05) is 31.2 Å². The van der Waals surface area contributed by atoms with Crippen molar-refractivity contribution in [1.82, 2.24) is 4.57 Å². The van der Waals surface area contributed by atoms with Gasteiger partial charge in [0.25, 0.3) is 0 Å². The molecule has 2 heterocycles. The van der Waals surface area contributed by atoms with Crippen molar-refractivity contribution >= 4 is 27.9 Å². The van der Waals surface area contributed by atoms with Crippen molar-refractivity contribution in [3.63, 3.8) is 0 Å². The first kappa shape index (κ1) is 15.3. The third-order valence-corrected chi connectivity index (χ3v) is 4.77. The molecule has 4 nitrogen and oxygen atoms in total. The highest BCUT2D eigenvalue weighted by Gasteiger charge is 2.16. The minimum atomic E-state index is 0.742. The van der Waals surface area contributed by atoms with Gasteiger partial charge >= 0.3 is 0 Å². The quantitative estimate of drug-likeness (QED) is 0.783. The maximum atomic E-state index is 11.1. The van der Waals surface area contributed by atoms with Crippen LogP contribution < -0.4 is 4.90 Å². The van der Waals surface area contributed by atoms with E-state index in [0.29, 0.717) is 0 Å². The molecule has 1 aromatic carbocycles. The van der Waals surface area contributed by atoms with Gasteiger partial charge in [0.05, 0.1) is 18.9 Å². The first-order valence-corrected chi connectivity index (χ1v) is 8.18. The molecule has 22 heavy (non-hydrogen) atoms. The van der Waals surface area contributed by atoms with Gasteiger partial charge in [-0.05, 0) is 54.0 Å². The molecule has 0 aliphatic carbocycles. The first-order valence-electron chi connectivity index (χ1n) is 7.38. The molecule has 5 heteroatoms. The Morgan fingerprint density at radius 1 is 1.18 bits per heavy atom. The number of carbonyl (C=O) groups is 1. The number of anilines is 1. The lowest BCUT2D eigenvalue weighted by Crippen LogP contribution is -2.36. The number of aldehydes is 1. The van der Waals surface area contributed by atoms with Crippen molar-refractivity contribution in [2.45, 2.75) is 13.8 Å². The molecule has 3 rings (SSSR count). The van der Waals surface area contributed by atoms with Crippen LogP contribution >= 0.6 is 15.9 Å². The Balaban J connectivity index is 1.98. The molecule has 1 aliphatic heterocycles. The Labute approximate surface area is 138 Å². The van der Waals surface area contributed by atoms with E-state index in [1.807, 2.05) is 19.9 Å². The van der Waals surface area contributed by atoms with Crippen LogP contribution in [-0.4, -0.2) is 37.2 Å². The van der Waals surface area contributed by atoms with E-state index in [1.54, 1.807) is 0 Å². The normalized spacial score (nSPS) is 15.1. The molecular formula is C17H19BrN2O2. The lowest BCUT2D eigenvalue weighted by atomic mass is 10.2. The van der Waals surface area contributed by atoms with Crippen LogP contribution in [0, 0.1) is 13.8 Å². The predicted octanol–water partition coefficient (Wildman–Crippen LogP) is 3.51. The monoisotopic (exact) mass is 362 g/mol. The van der Waals surface area contributed by atoms with Gasteiger partial charge < -0.3 is 14.2 Å². The van der Waals surface area contributed by atoms with Crippen molar-refractivity contribution in [2.24, 2.45) is 0 Å². The maximum absolute atomic E-state index is 11.1. The molecule has 0 radical (unpaired) electrons. The van der Waals surface area contributed by atoms with Crippen molar-refractivity contribution in [3.8, 4) is 5.69 Å². The summed E-state index contributed by atoms with van der Waals surface area (Å²) in [5, 5.41) is 0. The van der Waals surface area contributed by atoms with E-state index < -0.39 is 0 Å². The second-order valence-corrected chi connectivity index (χ2v) is 6.37. The summed E-state index contributed by atoms with van der Waals surface area (Å²) >= 11 is 3.69. The Kier molecular flexibility index (Phi) is 4.36. The number of benzene rings is 1. The number of hydrogen-bond acceptors (Lipinski definition) is 3. The van der Waals surface area contributed by atoms with Crippen molar-refractivity contribution in [3.05, 3.63) is 45.7 Å². The minimum absolute atomic E-state index is 0.742. The van der Waals surface area contributed by atoms with E-state index >= 15 is 0 Å². The van der Waals surface area contributed by atoms with Gasteiger partial charge in [-0.25, -0.2) is 0 Å². The van der Waals surface area contributed by atoms with E-state index in [4.69, 9.17) is 4.74 Å². The molecule has 0 spiro atoms. The summed E-state index contributed by atoms with van der Waals surface area (Å²) in [5.41, 5.74) is 5.02. The molecule has 1 aromatic heterocycles. The number of nitrogens with zero attached hydrogens (tertiary/aromatic N) is 2. The summed E-state index contributed by atoms with van der Waals surface area (Å²) in [5.74, 6) is 0. The van der Waals surface area contributed by atoms with Crippen LogP contribution in [0.4, 0.5) is 5.69 Å². The largest absolute Gasteiger partial charge is 0.378 e. The molecule has 0 unspecified atom stereocenters. The summed E-state index contributed by atoms with van der Waals surface area (Å²) in [7, 11) is 0. The molecule has 0 bridgehead atoms. The Morgan fingerprint density at radius 2 is 1.91 bits per heavy atom. The summed E-state index contributed by atoms with van der Waals surface area (Å²) in [4.78, 5) is 13.4. The highest BCUT2D eigenvalue weighted by Crippen LogP contribution is 2.31. The molecule has 116 valence electrons. The van der Waals surface area contributed by atoms with Crippen LogP contribution in [0.3, 0.4) is 0 Å². The fraction of sp³-hybridized carbons (Fsp3) is 0.353. The average Bonchev–Trinajstić information content (AvgIpc) is 2.82. The zero-order chi connectivity index (χ0) is 15.7. The van der Waals surface area contributed by atoms with E-state index in [9.17, 15) is 4.79 Å². The van der Waals surface area contributed by atoms with Crippen LogP contribution in [0.1, 0.15) is 21.7 Å². The van der Waals surface area contributed by atoms with Crippen LogP contribution in [0.2, 0.25) is 0 Å². The SMILES string of the molecule is Cc1cc(C=O)c(C)n1-c1ccc(N2CCOCC2)c(Br)c1. The summed E-state index contributed by atoms with van der Waals surface area (Å²) in [6.45, 7) is 7.35. The Bertz CT molecular complexity index is 703. The van der Waals surface area contributed by atoms with Crippen LogP contribution in [0.15, 0.2) is 28.7 Å². The highest BCUT2D eigenvalue weighted by molar-refractivity contribution is 9.10. The van der Waals surface area contributed by atoms with Crippen LogP contribution in [0.25, 0.3) is 5.69 Å². The second-order valence-electron chi connectivity index (χ2n) is 5.51. The molecule has 1 saturated heterocycles. The zero-order valence-electron chi connectivity index (χ0n) is 12.8. The number of hydrogen-bond donors (Lipinski definition) is 0. The number of halogens is 1. The van der Waals surface area contributed by atoms with Gasteiger partial charge in [0.15, 0.2) is 6.29 Å². The molecule has 1 aliphatic rings. The molecule has 0 amide bonds. The van der Waals surface area contributed by atoms with Gasteiger partial charge in [-0.2, -0.15) is 0 Å². The van der Waals surface area contributed by atoms with Gasteiger partial charge in [-0.1, -0.05) is 0 Å².